The molecule has 0 bridgehead atoms. The van der Waals surface area contributed by atoms with Crippen molar-refractivity contribution in [2.24, 2.45) is 0 Å². The van der Waals surface area contributed by atoms with E-state index in [0.717, 1.165) is 24.0 Å². The van der Waals surface area contributed by atoms with Gasteiger partial charge in [-0.05, 0) is 80.7 Å². The van der Waals surface area contributed by atoms with Crippen molar-refractivity contribution >= 4 is 25.4 Å². The van der Waals surface area contributed by atoms with E-state index in [1.54, 1.807) is 0 Å². The molecular weight excluding hydrogens is 342 g/mol. The molecular formula is C19H32B2N2O4. The monoisotopic (exact) mass is 374 g/mol. The number of hydrogen-bond acceptors (Lipinski definition) is 5. The van der Waals surface area contributed by atoms with E-state index in [9.17, 15) is 0 Å². The molecule has 1 aliphatic carbocycles. The summed E-state index contributed by atoms with van der Waals surface area (Å²) in [4.78, 5) is 0. The van der Waals surface area contributed by atoms with E-state index in [-0.39, 0.29) is 22.4 Å². The average molecular weight is 374 g/mol. The minimum atomic E-state index is -0.475. The fourth-order valence-electron chi connectivity index (χ4n) is 3.57. The maximum atomic E-state index is 6.30. The molecule has 6 nitrogen and oxygen atoms in total. The Morgan fingerprint density at radius 1 is 0.815 bits per heavy atom. The third-order valence-corrected chi connectivity index (χ3v) is 7.19. The van der Waals surface area contributed by atoms with Crippen molar-refractivity contribution in [3.8, 4) is 0 Å². The summed E-state index contributed by atoms with van der Waals surface area (Å²) in [6.45, 7) is 16.5. The molecule has 8 heteroatoms. The van der Waals surface area contributed by atoms with Gasteiger partial charge in [-0.2, -0.15) is 5.10 Å². The Hall–Kier alpha value is -0.820. The number of rotatable bonds is 3. The van der Waals surface area contributed by atoms with Gasteiger partial charge in [0.2, 0.25) is 0 Å². The first kappa shape index (κ1) is 19.5. The van der Waals surface area contributed by atoms with Crippen LogP contribution in [0.1, 0.15) is 80.7 Å². The van der Waals surface area contributed by atoms with Gasteiger partial charge in [-0.25, -0.2) is 0 Å². The first-order valence-corrected chi connectivity index (χ1v) is 10.1. The zero-order valence-corrected chi connectivity index (χ0v) is 18.0. The van der Waals surface area contributed by atoms with E-state index in [2.05, 4.69) is 60.1 Å². The minimum absolute atomic E-state index is 0.378. The Balaban J connectivity index is 1.67. The Morgan fingerprint density at radius 3 is 1.67 bits per heavy atom. The zero-order chi connectivity index (χ0) is 19.8. The van der Waals surface area contributed by atoms with Crippen LogP contribution in [-0.4, -0.2) is 46.4 Å². The summed E-state index contributed by atoms with van der Waals surface area (Å²) in [7, 11) is -0.906. The summed E-state index contributed by atoms with van der Waals surface area (Å²) < 4.78 is 27.1. The SMILES string of the molecule is CC1(C)OB(c2cc(B3OC(C)(C)C(C)(C)O3)n(C3CCC3)n2)OC1(C)C. The van der Waals surface area contributed by atoms with Crippen LogP contribution in [0.5, 0.6) is 0 Å². The van der Waals surface area contributed by atoms with Gasteiger partial charge in [0.25, 0.3) is 0 Å². The minimum Gasteiger partial charge on any atom is -0.398 e. The van der Waals surface area contributed by atoms with Gasteiger partial charge in [0.1, 0.15) is 0 Å². The van der Waals surface area contributed by atoms with Crippen LogP contribution in [0.15, 0.2) is 6.07 Å². The van der Waals surface area contributed by atoms with Crippen molar-refractivity contribution < 1.29 is 18.6 Å². The van der Waals surface area contributed by atoms with Crippen molar-refractivity contribution in [2.75, 3.05) is 0 Å². The highest BCUT2D eigenvalue weighted by Crippen LogP contribution is 2.38. The van der Waals surface area contributed by atoms with Crippen LogP contribution in [-0.2, 0) is 18.6 Å². The molecule has 0 atom stereocenters. The summed E-state index contributed by atoms with van der Waals surface area (Å²) in [5.74, 6) is 0. The molecule has 27 heavy (non-hydrogen) atoms. The molecule has 0 unspecified atom stereocenters. The summed E-state index contributed by atoms with van der Waals surface area (Å²) in [6, 6.07) is 2.44. The molecule has 1 saturated carbocycles. The highest BCUT2D eigenvalue weighted by molar-refractivity contribution is 6.65. The summed E-state index contributed by atoms with van der Waals surface area (Å²) in [5.41, 5.74) is 0.229. The largest absolute Gasteiger partial charge is 0.516 e. The maximum Gasteiger partial charge on any atom is 0.516 e. The van der Waals surface area contributed by atoms with Crippen molar-refractivity contribution in [3.63, 3.8) is 0 Å². The smallest absolute Gasteiger partial charge is 0.398 e. The standard InChI is InChI=1S/C19H32B2N2O4/c1-16(2)17(3,4)25-20(24-16)14-12-15(23(22-14)13-10-9-11-13)21-26-18(5,6)19(7,8)27-21/h12-13H,9-11H2,1-8H3. The van der Waals surface area contributed by atoms with E-state index >= 15 is 0 Å². The molecule has 0 spiro atoms. The molecule has 1 aromatic rings. The molecule has 3 aliphatic rings. The van der Waals surface area contributed by atoms with E-state index in [1.165, 1.54) is 6.42 Å². The predicted molar refractivity (Wildman–Crippen MR) is 107 cm³/mol. The van der Waals surface area contributed by atoms with Crippen LogP contribution in [0.25, 0.3) is 0 Å². The normalized spacial score (nSPS) is 28.6. The van der Waals surface area contributed by atoms with Crippen molar-refractivity contribution in [1.29, 1.82) is 0 Å². The van der Waals surface area contributed by atoms with Crippen LogP contribution >= 0.6 is 0 Å². The lowest BCUT2D eigenvalue weighted by atomic mass is 9.78. The lowest BCUT2D eigenvalue weighted by Crippen LogP contribution is -2.42. The van der Waals surface area contributed by atoms with E-state index in [1.807, 2.05) is 6.07 Å². The molecule has 2 saturated heterocycles. The van der Waals surface area contributed by atoms with Gasteiger partial charge < -0.3 is 18.6 Å². The molecule has 0 N–H and O–H groups in total. The molecule has 4 rings (SSSR count). The molecule has 1 aromatic heterocycles. The predicted octanol–water partition coefficient (Wildman–Crippen LogP) is 2.21. The lowest BCUT2D eigenvalue weighted by Gasteiger charge is -2.32. The van der Waals surface area contributed by atoms with Crippen LogP contribution in [0.4, 0.5) is 0 Å². The van der Waals surface area contributed by atoms with E-state index in [0.29, 0.717) is 6.04 Å². The third kappa shape index (κ3) is 3.00. The first-order chi connectivity index (χ1) is 12.3. The van der Waals surface area contributed by atoms with E-state index < -0.39 is 14.2 Å². The average Bonchev–Trinajstić information content (AvgIpc) is 3.01. The Kier molecular flexibility index (Phi) is 4.22. The Labute approximate surface area is 163 Å². The highest BCUT2D eigenvalue weighted by Gasteiger charge is 2.56. The second-order valence-corrected chi connectivity index (χ2v) is 10.2. The van der Waals surface area contributed by atoms with Gasteiger partial charge in [-0.3, -0.25) is 4.68 Å². The molecule has 3 heterocycles. The second kappa shape index (κ2) is 5.85. The van der Waals surface area contributed by atoms with Gasteiger partial charge in [0.05, 0.1) is 39.6 Å². The Morgan fingerprint density at radius 2 is 1.26 bits per heavy atom. The molecule has 2 aliphatic heterocycles. The van der Waals surface area contributed by atoms with Gasteiger partial charge in [-0.15, -0.1) is 0 Å². The van der Waals surface area contributed by atoms with Gasteiger partial charge in [0, 0.05) is 0 Å². The van der Waals surface area contributed by atoms with Crippen LogP contribution < -0.4 is 11.2 Å². The molecule has 148 valence electrons. The summed E-state index contributed by atoms with van der Waals surface area (Å²) in [6.07, 6.45) is 3.51. The van der Waals surface area contributed by atoms with Crippen LogP contribution in [0.2, 0.25) is 0 Å². The quantitative estimate of drug-likeness (QED) is 0.760. The van der Waals surface area contributed by atoms with Gasteiger partial charge in [0.15, 0.2) is 0 Å². The summed E-state index contributed by atoms with van der Waals surface area (Å²) in [5, 5.41) is 4.89. The topological polar surface area (TPSA) is 54.7 Å². The number of nitrogens with zero attached hydrogens (tertiary/aromatic N) is 2. The second-order valence-electron chi connectivity index (χ2n) is 10.2. The van der Waals surface area contributed by atoms with Crippen molar-refractivity contribution in [2.45, 2.75) is 103 Å². The lowest BCUT2D eigenvalue weighted by molar-refractivity contribution is 0.00578. The van der Waals surface area contributed by atoms with Crippen molar-refractivity contribution in [3.05, 3.63) is 6.07 Å². The molecule has 0 amide bonds. The summed E-state index contributed by atoms with van der Waals surface area (Å²) >= 11 is 0. The molecule has 0 aromatic carbocycles. The van der Waals surface area contributed by atoms with Crippen molar-refractivity contribution in [1.82, 2.24) is 9.78 Å². The van der Waals surface area contributed by atoms with E-state index in [4.69, 9.17) is 23.7 Å². The molecule has 0 radical (unpaired) electrons. The number of hydrogen-bond donors (Lipinski definition) is 0. The highest BCUT2D eigenvalue weighted by atomic mass is 16.7. The maximum absolute atomic E-state index is 6.30. The van der Waals surface area contributed by atoms with Gasteiger partial charge in [-0.1, -0.05) is 0 Å². The third-order valence-electron chi connectivity index (χ3n) is 7.19. The molecule has 3 fully saturated rings. The Bertz CT molecular complexity index is 708. The zero-order valence-electron chi connectivity index (χ0n) is 18.0. The first-order valence-electron chi connectivity index (χ1n) is 10.1. The fourth-order valence-corrected chi connectivity index (χ4v) is 3.57. The van der Waals surface area contributed by atoms with Gasteiger partial charge >= 0.3 is 14.2 Å². The fraction of sp³-hybridized carbons (Fsp3) is 0.842. The van der Waals surface area contributed by atoms with Crippen LogP contribution in [0, 0.1) is 0 Å². The van der Waals surface area contributed by atoms with Crippen LogP contribution in [0.3, 0.4) is 0 Å². The number of aromatic nitrogens is 2.